The Kier molecular flexibility index (Phi) is 2.11. The van der Waals surface area contributed by atoms with Gasteiger partial charge in [0.2, 0.25) is 0 Å². The van der Waals surface area contributed by atoms with E-state index in [2.05, 4.69) is 121 Å². The molecule has 0 bridgehead atoms. The first-order chi connectivity index (χ1) is 20.6. The van der Waals surface area contributed by atoms with E-state index in [1.54, 1.807) is 11.1 Å². The molecular formula is C36H48FeN4P2. The summed E-state index contributed by atoms with van der Waals surface area (Å²) < 4.78 is 2.31. The number of fused-ring (bicyclic) bond motifs is 10. The van der Waals surface area contributed by atoms with Crippen molar-refractivity contribution in [3.8, 4) is 0 Å². The molecule has 12 aliphatic rings. The van der Waals surface area contributed by atoms with Crippen molar-refractivity contribution < 1.29 is 6.51 Å². The van der Waals surface area contributed by atoms with Crippen LogP contribution in [0.15, 0.2) is 60.7 Å². The molecule has 2 aromatic rings. The molecule has 12 saturated heterocycles. The molecule has 0 amide bonds. The van der Waals surface area contributed by atoms with Crippen molar-refractivity contribution >= 4 is 18.5 Å². The monoisotopic (exact) mass is 654 g/mol. The molecule has 0 aromatic heterocycles. The molecule has 4 N–H and O–H groups in total. The molecule has 0 aliphatic carbocycles. The van der Waals surface area contributed by atoms with E-state index in [1.807, 2.05) is 0 Å². The van der Waals surface area contributed by atoms with Crippen molar-refractivity contribution in [2.45, 2.75) is 83.7 Å². The molecule has 12 heterocycles. The molecule has 43 heavy (non-hydrogen) atoms. The van der Waals surface area contributed by atoms with Gasteiger partial charge in [-0.2, -0.15) is 0 Å². The first-order valence-electron chi connectivity index (χ1n) is 17.3. The maximum absolute atomic E-state index is 4.83. The number of rotatable bonds is 6. The van der Waals surface area contributed by atoms with Gasteiger partial charge in [-0.05, 0) is 0 Å². The second kappa shape index (κ2) is 3.80. The van der Waals surface area contributed by atoms with Crippen molar-refractivity contribution in [3.63, 3.8) is 0 Å². The first-order valence-corrected chi connectivity index (χ1v) is 24.6. The molecule has 230 valence electrons. The van der Waals surface area contributed by atoms with Gasteiger partial charge in [-0.25, -0.2) is 0 Å². The Balaban J connectivity index is 1.23. The number of benzene rings is 2. The van der Waals surface area contributed by atoms with Crippen molar-refractivity contribution in [2.24, 2.45) is 5.41 Å². The zero-order chi connectivity index (χ0) is 28.9. The summed E-state index contributed by atoms with van der Waals surface area (Å²) in [7, 11) is 7.42. The predicted octanol–water partition coefficient (Wildman–Crippen LogP) is 5.36. The fourth-order valence-electron chi connectivity index (χ4n) is 28.0. The third kappa shape index (κ3) is 0.545. The maximum atomic E-state index is 4.27. The van der Waals surface area contributed by atoms with Crippen molar-refractivity contribution in [1.29, 1.82) is 0 Å². The molecule has 4 nitrogen and oxygen atoms in total. The molecule has 0 saturated carbocycles. The Morgan fingerprint density at radius 1 is 0.698 bits per heavy atom. The Labute approximate surface area is 251 Å². The van der Waals surface area contributed by atoms with Crippen LogP contribution in [0.3, 0.4) is 0 Å². The van der Waals surface area contributed by atoms with Gasteiger partial charge in [0, 0.05) is 0 Å². The van der Waals surface area contributed by atoms with Crippen LogP contribution in [0.25, 0.3) is 0 Å². The van der Waals surface area contributed by atoms with Crippen LogP contribution in [0, 0.1) is 5.41 Å². The van der Waals surface area contributed by atoms with E-state index in [-0.39, 0.29) is 10.6 Å². The number of piperazine rings is 2. The molecule has 2 aromatic carbocycles. The van der Waals surface area contributed by atoms with E-state index in [9.17, 15) is 0 Å². The third-order valence-electron chi connectivity index (χ3n) is 23.2. The summed E-state index contributed by atoms with van der Waals surface area (Å²) in [5, 5.41) is 16.5. The van der Waals surface area contributed by atoms with Crippen LogP contribution >= 0.6 is 18.5 Å². The fourth-order valence-corrected chi connectivity index (χ4v) is 122. The molecule has 9 atom stereocenters. The van der Waals surface area contributed by atoms with Crippen LogP contribution in [-0.4, -0.2) is 62.7 Å². The van der Waals surface area contributed by atoms with E-state index < -0.39 is 6.51 Å². The van der Waals surface area contributed by atoms with Crippen LogP contribution in [0.2, 0.25) is 37.0 Å². The molecule has 12 aliphatic heterocycles. The van der Waals surface area contributed by atoms with Gasteiger partial charge in [0.05, 0.1) is 0 Å². The predicted molar refractivity (Wildman–Crippen MR) is 179 cm³/mol. The zero-order valence-corrected chi connectivity index (χ0v) is 29.2. The topological polar surface area (TPSA) is 48.1 Å². The molecular weight excluding hydrogens is 606 g/mol. The van der Waals surface area contributed by atoms with Crippen molar-refractivity contribution in [2.75, 3.05) is 45.4 Å². The minimum absolute atomic E-state index is 0.126. The van der Waals surface area contributed by atoms with Gasteiger partial charge in [-0.3, -0.25) is 0 Å². The molecule has 1 spiro atoms. The van der Waals surface area contributed by atoms with Gasteiger partial charge in [-0.15, -0.1) is 0 Å². The Bertz CT molecular complexity index is 2080. The van der Waals surface area contributed by atoms with Gasteiger partial charge in [0.1, 0.15) is 0 Å². The molecule has 14 rings (SSSR count). The van der Waals surface area contributed by atoms with E-state index >= 15 is 0 Å². The van der Waals surface area contributed by atoms with Crippen LogP contribution in [0.4, 0.5) is 0 Å². The summed E-state index contributed by atoms with van der Waals surface area (Å²) in [6, 6.07) is 25.9. The second-order valence-electron chi connectivity index (χ2n) is 19.6. The second-order valence-corrected chi connectivity index (χ2v) is 43.3. The zero-order valence-electron chi connectivity index (χ0n) is 25.8. The van der Waals surface area contributed by atoms with E-state index in [0.29, 0.717) is 33.7 Å². The number of hydrogen-bond acceptors (Lipinski definition) is 4. The molecule has 0 radical (unpaired) electrons. The van der Waals surface area contributed by atoms with Gasteiger partial charge < -0.3 is 0 Å². The van der Waals surface area contributed by atoms with Crippen LogP contribution in [0.1, 0.15) is 31.9 Å². The molecule has 7 heteroatoms. The van der Waals surface area contributed by atoms with Crippen molar-refractivity contribution in [1.82, 2.24) is 21.3 Å². The summed E-state index contributed by atoms with van der Waals surface area (Å²) in [5.74, 6) is 0. The summed E-state index contributed by atoms with van der Waals surface area (Å²) in [6.07, 6.45) is 1.34. The van der Waals surface area contributed by atoms with Gasteiger partial charge in [-0.1, -0.05) is 0 Å². The first kappa shape index (κ1) is 23.9. The average Bonchev–Trinajstić information content (AvgIpc) is 4.00. The summed E-state index contributed by atoms with van der Waals surface area (Å²) in [4.78, 5) is 5.47. The quantitative estimate of drug-likeness (QED) is 0.251. The Morgan fingerprint density at radius 2 is 1.16 bits per heavy atom. The summed E-state index contributed by atoms with van der Waals surface area (Å²) >= 11 is 0. The Hall–Kier alpha value is -0.341. The van der Waals surface area contributed by atoms with Crippen LogP contribution in [-0.2, 0) is 15.1 Å². The average molecular weight is 655 g/mol. The SMILES string of the molecule is CC(C)(C)[C]12[C]3(c4ccccc4)[C]4(c5ccccc5)[C]5(CP)[C]1(C(P)(C1CNCCN1)C1CNCCN1)[Fe]54321678[CH]2[CH]1[CH]6[CH]7[CH]28. The fraction of sp³-hybridized carbons (Fsp3) is 0.667. The third-order valence-corrected chi connectivity index (χ3v) is 71.1. The summed E-state index contributed by atoms with van der Waals surface area (Å²) in [5.41, 5.74) is 3.89. The summed E-state index contributed by atoms with van der Waals surface area (Å²) in [6.45, 7) is 10.0. The molecule has 9 unspecified atom stereocenters. The van der Waals surface area contributed by atoms with Crippen molar-refractivity contribution in [3.05, 3.63) is 71.8 Å². The van der Waals surface area contributed by atoms with Crippen LogP contribution in [0.5, 0.6) is 0 Å². The molecule has 12 fully saturated rings. The number of nitrogens with one attached hydrogen (secondary N) is 4. The Morgan fingerprint density at radius 3 is 1.53 bits per heavy atom. The number of hydrogen-bond donors (Lipinski definition) is 4. The van der Waals surface area contributed by atoms with Gasteiger partial charge in [0.25, 0.3) is 0 Å². The van der Waals surface area contributed by atoms with E-state index in [1.165, 1.54) is 6.16 Å². The van der Waals surface area contributed by atoms with E-state index in [0.717, 1.165) is 63.4 Å². The van der Waals surface area contributed by atoms with Crippen LogP contribution < -0.4 is 21.3 Å². The standard InChI is InChI=1S/C31H43N4P2.C5H5.Fe/c1-30(2,3)29-27(22-12-8-5-9-13-22)26(21-10-6-4-7-11-21)23(20-36)28(29)31(37,24-18-32-14-16-34-24)25-19-33-15-17-35-25;1-2-4-5-3-1;/h4-13,24-25,32-35H,14-20,36-37H2,1-3H3;1-5H;. The minimum atomic E-state index is -4.83. The normalized spacial score (nSPS) is 70.8. The van der Waals surface area contributed by atoms with Gasteiger partial charge >= 0.3 is 253 Å². The van der Waals surface area contributed by atoms with E-state index in [4.69, 9.17) is 0 Å². The van der Waals surface area contributed by atoms with Gasteiger partial charge in [0.15, 0.2) is 0 Å².